The van der Waals surface area contributed by atoms with E-state index in [-0.39, 0.29) is 17.6 Å². The summed E-state index contributed by atoms with van der Waals surface area (Å²) in [6, 6.07) is 6.82. The molecule has 1 unspecified atom stereocenters. The van der Waals surface area contributed by atoms with E-state index in [1.165, 1.54) is 11.8 Å². The Labute approximate surface area is 115 Å². The molecule has 0 fully saturated rings. The monoisotopic (exact) mass is 287 g/mol. The fourth-order valence-corrected chi connectivity index (χ4v) is 2.16. The van der Waals surface area contributed by atoms with Crippen LogP contribution >= 0.6 is 23.4 Å². The maximum absolute atomic E-state index is 11.8. The van der Waals surface area contributed by atoms with Gasteiger partial charge in [0.25, 0.3) is 0 Å². The van der Waals surface area contributed by atoms with Crippen molar-refractivity contribution in [1.29, 1.82) is 0 Å². The van der Waals surface area contributed by atoms with Crippen LogP contribution in [0.25, 0.3) is 0 Å². The minimum atomic E-state index is -0.854. The van der Waals surface area contributed by atoms with Gasteiger partial charge in [-0.15, -0.1) is 11.8 Å². The first-order chi connectivity index (χ1) is 8.49. The number of thioether (sulfide) groups is 1. The highest BCUT2D eigenvalue weighted by atomic mass is 35.5. The normalized spacial score (nSPS) is 11.9. The summed E-state index contributed by atoms with van der Waals surface area (Å²) in [5, 5.41) is 11.6. The Morgan fingerprint density at radius 3 is 2.56 bits per heavy atom. The number of halogens is 1. The lowest BCUT2D eigenvalue weighted by molar-refractivity contribution is -0.136. The molecule has 1 amide bonds. The average Bonchev–Trinajstić information content (AvgIpc) is 2.31. The number of nitrogens with one attached hydrogen (secondary N) is 1. The summed E-state index contributed by atoms with van der Waals surface area (Å²) in [7, 11) is 0. The van der Waals surface area contributed by atoms with Crippen LogP contribution in [-0.4, -0.2) is 28.0 Å². The van der Waals surface area contributed by atoms with E-state index >= 15 is 0 Å². The smallest absolute Gasteiger partial charge is 0.304 e. The quantitative estimate of drug-likeness (QED) is 0.844. The van der Waals surface area contributed by atoms with E-state index in [4.69, 9.17) is 16.7 Å². The lowest BCUT2D eigenvalue weighted by Gasteiger charge is -2.11. The van der Waals surface area contributed by atoms with Gasteiger partial charge in [-0.3, -0.25) is 9.59 Å². The lowest BCUT2D eigenvalue weighted by Crippen LogP contribution is -2.23. The van der Waals surface area contributed by atoms with Crippen molar-refractivity contribution in [1.82, 2.24) is 0 Å². The van der Waals surface area contributed by atoms with E-state index in [0.29, 0.717) is 16.5 Å². The zero-order valence-corrected chi connectivity index (χ0v) is 11.4. The van der Waals surface area contributed by atoms with Crippen LogP contribution in [0, 0.1) is 0 Å². The van der Waals surface area contributed by atoms with Crippen LogP contribution in [0.3, 0.4) is 0 Å². The van der Waals surface area contributed by atoms with Crippen molar-refractivity contribution in [2.75, 3.05) is 11.1 Å². The maximum Gasteiger partial charge on any atom is 0.304 e. The van der Waals surface area contributed by atoms with Crippen molar-refractivity contribution in [2.24, 2.45) is 0 Å². The van der Waals surface area contributed by atoms with Crippen molar-refractivity contribution in [3.05, 3.63) is 29.3 Å². The fourth-order valence-electron chi connectivity index (χ4n) is 1.18. The molecule has 1 rings (SSSR count). The molecule has 18 heavy (non-hydrogen) atoms. The summed E-state index contributed by atoms with van der Waals surface area (Å²) in [5.41, 5.74) is 0.676. The highest BCUT2D eigenvalue weighted by Gasteiger charge is 2.13. The molecule has 1 aromatic carbocycles. The molecule has 0 saturated heterocycles. The molecule has 0 aliphatic heterocycles. The summed E-state index contributed by atoms with van der Waals surface area (Å²) in [6.07, 6.45) is 0.0588. The number of hydrogen-bond acceptors (Lipinski definition) is 3. The number of aliphatic carboxylic acids is 1. The zero-order chi connectivity index (χ0) is 13.5. The molecule has 0 bridgehead atoms. The summed E-state index contributed by atoms with van der Waals surface area (Å²) < 4.78 is 0. The van der Waals surface area contributed by atoms with Gasteiger partial charge in [0.15, 0.2) is 0 Å². The van der Waals surface area contributed by atoms with Crippen molar-refractivity contribution < 1.29 is 14.7 Å². The molecule has 1 aromatic rings. The predicted octanol–water partition coefficient (Wildman–Crippen LogP) is 2.87. The van der Waals surface area contributed by atoms with Crippen molar-refractivity contribution in [3.8, 4) is 0 Å². The minimum Gasteiger partial charge on any atom is -0.481 e. The Balaban J connectivity index is 2.39. The molecule has 98 valence electrons. The van der Waals surface area contributed by atoms with Crippen molar-refractivity contribution in [2.45, 2.75) is 18.6 Å². The number of carbonyl (C=O) groups is 2. The van der Waals surface area contributed by atoms with Gasteiger partial charge in [0.2, 0.25) is 5.91 Å². The van der Waals surface area contributed by atoms with Crippen LogP contribution in [0.2, 0.25) is 5.02 Å². The van der Waals surface area contributed by atoms with E-state index in [9.17, 15) is 9.59 Å². The van der Waals surface area contributed by atoms with Gasteiger partial charge in [-0.25, -0.2) is 0 Å². The van der Waals surface area contributed by atoms with Crippen LogP contribution < -0.4 is 5.32 Å². The molecule has 0 spiro atoms. The van der Waals surface area contributed by atoms with Crippen LogP contribution in [0.5, 0.6) is 0 Å². The topological polar surface area (TPSA) is 66.4 Å². The molecule has 0 radical (unpaired) electrons. The Bertz CT molecular complexity index is 422. The number of carboxylic acid groups (broad SMARTS) is 1. The molecular formula is C12H14ClNO3S. The SMILES string of the molecule is CC(SCCC(=O)O)C(=O)Nc1ccc(Cl)cc1. The van der Waals surface area contributed by atoms with E-state index in [0.717, 1.165) is 0 Å². The molecule has 0 aliphatic carbocycles. The van der Waals surface area contributed by atoms with Gasteiger partial charge in [0.1, 0.15) is 0 Å². The van der Waals surface area contributed by atoms with Crippen LogP contribution in [0.4, 0.5) is 5.69 Å². The Kier molecular flexibility index (Phi) is 6.01. The molecule has 1 atom stereocenters. The first-order valence-corrected chi connectivity index (χ1v) is 6.81. The summed E-state index contributed by atoms with van der Waals surface area (Å²) in [6.45, 7) is 1.75. The number of carboxylic acids is 1. The second-order valence-electron chi connectivity index (χ2n) is 3.65. The number of hydrogen-bond donors (Lipinski definition) is 2. The number of anilines is 1. The fraction of sp³-hybridized carbons (Fsp3) is 0.333. The highest BCUT2D eigenvalue weighted by Crippen LogP contribution is 2.17. The summed E-state index contributed by atoms with van der Waals surface area (Å²) >= 11 is 7.05. The third-order valence-electron chi connectivity index (χ3n) is 2.16. The van der Waals surface area contributed by atoms with Gasteiger partial charge in [-0.1, -0.05) is 11.6 Å². The number of carbonyl (C=O) groups excluding carboxylic acids is 1. The third-order valence-corrected chi connectivity index (χ3v) is 3.57. The predicted molar refractivity (Wildman–Crippen MR) is 74.3 cm³/mol. The van der Waals surface area contributed by atoms with E-state index in [1.807, 2.05) is 0 Å². The van der Waals surface area contributed by atoms with Crippen LogP contribution in [0.1, 0.15) is 13.3 Å². The molecule has 4 nitrogen and oxygen atoms in total. The third kappa shape index (κ3) is 5.42. The van der Waals surface area contributed by atoms with E-state index < -0.39 is 5.97 Å². The molecule has 0 aromatic heterocycles. The molecule has 0 aliphatic rings. The lowest BCUT2D eigenvalue weighted by atomic mass is 10.3. The van der Waals surface area contributed by atoms with Gasteiger partial charge < -0.3 is 10.4 Å². The van der Waals surface area contributed by atoms with Crippen molar-refractivity contribution in [3.63, 3.8) is 0 Å². The first-order valence-electron chi connectivity index (χ1n) is 5.39. The van der Waals surface area contributed by atoms with Gasteiger partial charge in [-0.05, 0) is 31.2 Å². The molecule has 0 heterocycles. The molecular weight excluding hydrogens is 274 g/mol. The largest absolute Gasteiger partial charge is 0.481 e. The second kappa shape index (κ2) is 7.28. The highest BCUT2D eigenvalue weighted by molar-refractivity contribution is 8.00. The summed E-state index contributed by atoms with van der Waals surface area (Å²) in [4.78, 5) is 22.1. The molecule has 0 saturated carbocycles. The number of rotatable bonds is 6. The number of benzene rings is 1. The Morgan fingerprint density at radius 2 is 2.00 bits per heavy atom. The second-order valence-corrected chi connectivity index (χ2v) is 5.54. The van der Waals surface area contributed by atoms with E-state index in [1.54, 1.807) is 31.2 Å². The van der Waals surface area contributed by atoms with Gasteiger partial charge in [-0.2, -0.15) is 0 Å². The standard InChI is InChI=1S/C12H14ClNO3S/c1-8(18-7-6-11(15)16)12(17)14-10-4-2-9(13)3-5-10/h2-5,8H,6-7H2,1H3,(H,14,17)(H,15,16). The Hall–Kier alpha value is -1.20. The van der Waals surface area contributed by atoms with Crippen LogP contribution in [0.15, 0.2) is 24.3 Å². The van der Waals surface area contributed by atoms with Gasteiger partial charge >= 0.3 is 5.97 Å². The summed E-state index contributed by atoms with van der Waals surface area (Å²) in [5.74, 6) is -0.578. The van der Waals surface area contributed by atoms with Gasteiger partial charge in [0.05, 0.1) is 11.7 Å². The molecule has 6 heteroatoms. The molecule has 2 N–H and O–H groups in total. The van der Waals surface area contributed by atoms with E-state index in [2.05, 4.69) is 5.32 Å². The van der Waals surface area contributed by atoms with Crippen LogP contribution in [-0.2, 0) is 9.59 Å². The number of amides is 1. The first kappa shape index (κ1) is 14.9. The maximum atomic E-state index is 11.8. The minimum absolute atomic E-state index is 0.0588. The zero-order valence-electron chi connectivity index (χ0n) is 9.85. The average molecular weight is 288 g/mol. The van der Waals surface area contributed by atoms with Gasteiger partial charge in [0, 0.05) is 16.5 Å². The van der Waals surface area contributed by atoms with Crippen molar-refractivity contribution >= 4 is 40.9 Å². The Morgan fingerprint density at radius 1 is 1.39 bits per heavy atom.